The molecule has 0 atom stereocenters. The Labute approximate surface area is 140 Å². The van der Waals surface area contributed by atoms with E-state index in [1.54, 1.807) is 23.5 Å². The molecule has 0 bridgehead atoms. The lowest BCUT2D eigenvalue weighted by Crippen LogP contribution is -2.57. The molecule has 7 nitrogen and oxygen atoms in total. The Morgan fingerprint density at radius 3 is 2.29 bits per heavy atom. The summed E-state index contributed by atoms with van der Waals surface area (Å²) in [5, 5.41) is 5.76. The summed E-state index contributed by atoms with van der Waals surface area (Å²) in [6, 6.07) is 9.08. The van der Waals surface area contributed by atoms with Crippen LogP contribution >= 0.6 is 11.3 Å². The number of nitrogens with one attached hydrogen (secondary N) is 2. The molecule has 1 saturated heterocycles. The van der Waals surface area contributed by atoms with Crippen molar-refractivity contribution in [3.05, 3.63) is 52.2 Å². The molecule has 4 amide bonds. The van der Waals surface area contributed by atoms with Crippen molar-refractivity contribution in [3.8, 4) is 5.75 Å². The highest BCUT2D eigenvalue weighted by Gasteiger charge is 2.40. The Morgan fingerprint density at radius 2 is 1.71 bits per heavy atom. The summed E-state index contributed by atoms with van der Waals surface area (Å²) in [7, 11) is 0. The summed E-state index contributed by atoms with van der Waals surface area (Å²) < 4.78 is 5.58. The lowest BCUT2D eigenvalue weighted by molar-refractivity contribution is -0.133. The fourth-order valence-electron chi connectivity index (χ4n) is 2.19. The van der Waals surface area contributed by atoms with E-state index in [2.05, 4.69) is 0 Å². The van der Waals surface area contributed by atoms with Gasteiger partial charge in [0.1, 0.15) is 12.4 Å². The third-order valence-electron chi connectivity index (χ3n) is 3.36. The maximum Gasteiger partial charge on any atom is 0.328 e. The van der Waals surface area contributed by atoms with Crippen LogP contribution in [0.5, 0.6) is 5.75 Å². The molecule has 2 N–H and O–H groups in total. The van der Waals surface area contributed by atoms with Crippen LogP contribution in [0.2, 0.25) is 0 Å². The quantitative estimate of drug-likeness (QED) is 0.632. The first-order valence-corrected chi connectivity index (χ1v) is 7.88. The summed E-state index contributed by atoms with van der Waals surface area (Å²) in [6.45, 7) is 0.417. The lowest BCUT2D eigenvalue weighted by atomic mass is 9.95. The van der Waals surface area contributed by atoms with Crippen molar-refractivity contribution in [2.45, 2.75) is 6.61 Å². The number of amides is 4. The van der Waals surface area contributed by atoms with Gasteiger partial charge < -0.3 is 4.74 Å². The first-order valence-electron chi connectivity index (χ1n) is 7.00. The number of carbonyl (C=O) groups excluding carboxylic acids is 4. The number of benzene rings is 1. The number of ketones is 1. The highest BCUT2D eigenvalue weighted by Crippen LogP contribution is 2.19. The molecule has 3 rings (SSSR count). The Balaban J connectivity index is 1.68. The van der Waals surface area contributed by atoms with Crippen LogP contribution < -0.4 is 15.4 Å². The minimum absolute atomic E-state index is 0.183. The van der Waals surface area contributed by atoms with Crippen LogP contribution in [0.15, 0.2) is 41.8 Å². The van der Waals surface area contributed by atoms with Crippen molar-refractivity contribution >= 4 is 35.0 Å². The molecule has 0 spiro atoms. The van der Waals surface area contributed by atoms with E-state index in [1.807, 2.05) is 28.1 Å². The zero-order valence-electron chi connectivity index (χ0n) is 12.3. The number of hydrogen-bond acceptors (Lipinski definition) is 6. The second-order valence-electron chi connectivity index (χ2n) is 5.00. The van der Waals surface area contributed by atoms with Gasteiger partial charge in [0.05, 0.1) is 0 Å². The molecule has 1 aromatic carbocycles. The maximum absolute atomic E-state index is 12.3. The summed E-state index contributed by atoms with van der Waals surface area (Å²) >= 11 is 1.57. The molecular formula is C16H12N2O5S. The van der Waals surface area contributed by atoms with E-state index < -0.39 is 29.5 Å². The second-order valence-corrected chi connectivity index (χ2v) is 6.03. The van der Waals surface area contributed by atoms with Gasteiger partial charge in [-0.05, 0) is 35.7 Å². The van der Waals surface area contributed by atoms with Crippen molar-refractivity contribution in [2.24, 2.45) is 5.92 Å². The summed E-state index contributed by atoms with van der Waals surface area (Å²) in [6.07, 6.45) is 0. The molecule has 1 aliphatic rings. The number of barbiturate groups is 1. The number of thiophene rings is 1. The van der Waals surface area contributed by atoms with Crippen molar-refractivity contribution in [1.82, 2.24) is 10.6 Å². The van der Waals surface area contributed by atoms with Gasteiger partial charge in [-0.1, -0.05) is 6.07 Å². The van der Waals surface area contributed by atoms with Gasteiger partial charge in [0.2, 0.25) is 11.8 Å². The predicted octanol–water partition coefficient (Wildman–Crippen LogP) is 1.49. The third-order valence-corrected chi connectivity index (χ3v) is 4.21. The third kappa shape index (κ3) is 3.33. The van der Waals surface area contributed by atoms with E-state index in [0.717, 1.165) is 4.88 Å². The van der Waals surface area contributed by atoms with Crippen LogP contribution in [-0.4, -0.2) is 23.6 Å². The molecule has 8 heteroatoms. The number of ether oxygens (including phenoxy) is 1. The number of rotatable bonds is 5. The first kappa shape index (κ1) is 15.9. The van der Waals surface area contributed by atoms with Gasteiger partial charge in [0.25, 0.3) is 0 Å². The molecule has 0 unspecified atom stereocenters. The lowest BCUT2D eigenvalue weighted by Gasteiger charge is -2.19. The molecule has 0 saturated carbocycles. The van der Waals surface area contributed by atoms with E-state index in [1.165, 1.54) is 12.1 Å². The van der Waals surface area contributed by atoms with Gasteiger partial charge in [0, 0.05) is 10.4 Å². The van der Waals surface area contributed by atoms with Crippen LogP contribution in [0.3, 0.4) is 0 Å². The Hall–Kier alpha value is -3.00. The second kappa shape index (κ2) is 6.63. The molecule has 0 aliphatic carbocycles. The van der Waals surface area contributed by atoms with Crippen LogP contribution in [0.1, 0.15) is 15.2 Å². The van der Waals surface area contributed by atoms with Crippen LogP contribution in [-0.2, 0) is 16.2 Å². The number of imide groups is 2. The molecule has 1 fully saturated rings. The fraction of sp³-hybridized carbons (Fsp3) is 0.125. The fourth-order valence-corrected chi connectivity index (χ4v) is 2.80. The molecule has 122 valence electrons. The predicted molar refractivity (Wildman–Crippen MR) is 84.6 cm³/mol. The van der Waals surface area contributed by atoms with Crippen LogP contribution in [0.4, 0.5) is 4.79 Å². The monoisotopic (exact) mass is 344 g/mol. The summed E-state index contributed by atoms with van der Waals surface area (Å²) in [5.74, 6) is -3.53. The maximum atomic E-state index is 12.3. The molecule has 2 aromatic rings. The van der Waals surface area contributed by atoms with Crippen molar-refractivity contribution in [2.75, 3.05) is 0 Å². The van der Waals surface area contributed by atoms with Crippen molar-refractivity contribution in [1.29, 1.82) is 0 Å². The normalized spacial score (nSPS) is 14.9. The van der Waals surface area contributed by atoms with Gasteiger partial charge in [-0.25, -0.2) is 4.79 Å². The number of carbonyl (C=O) groups is 4. The molecule has 1 aromatic heterocycles. The number of Topliss-reactive ketones (excluding diaryl/α,β-unsaturated/α-hetero) is 1. The first-order chi connectivity index (χ1) is 11.5. The van der Waals surface area contributed by atoms with Gasteiger partial charge in [-0.15, -0.1) is 11.3 Å². The van der Waals surface area contributed by atoms with E-state index in [0.29, 0.717) is 12.4 Å². The van der Waals surface area contributed by atoms with E-state index >= 15 is 0 Å². The summed E-state index contributed by atoms with van der Waals surface area (Å²) in [4.78, 5) is 47.8. The largest absolute Gasteiger partial charge is 0.488 e. The highest BCUT2D eigenvalue weighted by atomic mass is 32.1. The average Bonchev–Trinajstić information content (AvgIpc) is 3.06. The Morgan fingerprint density at radius 1 is 1.04 bits per heavy atom. The molecule has 0 radical (unpaired) electrons. The number of urea groups is 1. The standard InChI is InChI=1S/C16H12N2O5S/c19-13(12-14(20)17-16(22)18-15(12)21)9-3-5-10(6-4-9)23-8-11-2-1-7-24-11/h1-7,12H,8H2,(H2,17,18,20,21,22). The van der Waals surface area contributed by atoms with Crippen LogP contribution in [0, 0.1) is 5.92 Å². The van der Waals surface area contributed by atoms with E-state index in [9.17, 15) is 19.2 Å². The SMILES string of the molecule is O=C1NC(=O)C(C(=O)c2ccc(OCc3cccs3)cc2)C(=O)N1. The summed E-state index contributed by atoms with van der Waals surface area (Å²) in [5.41, 5.74) is 0.183. The van der Waals surface area contributed by atoms with E-state index in [4.69, 9.17) is 4.74 Å². The molecule has 1 aliphatic heterocycles. The Bertz CT molecular complexity index is 778. The van der Waals surface area contributed by atoms with Gasteiger partial charge in [-0.2, -0.15) is 0 Å². The molecular weight excluding hydrogens is 332 g/mol. The van der Waals surface area contributed by atoms with E-state index in [-0.39, 0.29) is 5.56 Å². The van der Waals surface area contributed by atoms with Crippen molar-refractivity contribution in [3.63, 3.8) is 0 Å². The van der Waals surface area contributed by atoms with Crippen LogP contribution in [0.25, 0.3) is 0 Å². The highest BCUT2D eigenvalue weighted by molar-refractivity contribution is 7.09. The zero-order chi connectivity index (χ0) is 17.1. The topological polar surface area (TPSA) is 102 Å². The van der Waals surface area contributed by atoms with Gasteiger partial charge in [0.15, 0.2) is 11.7 Å². The van der Waals surface area contributed by atoms with Gasteiger partial charge >= 0.3 is 6.03 Å². The average molecular weight is 344 g/mol. The van der Waals surface area contributed by atoms with Crippen molar-refractivity contribution < 1.29 is 23.9 Å². The smallest absolute Gasteiger partial charge is 0.328 e. The minimum atomic E-state index is -1.57. The zero-order valence-corrected chi connectivity index (χ0v) is 13.1. The van der Waals surface area contributed by atoms with Gasteiger partial charge in [-0.3, -0.25) is 25.0 Å². The number of hydrogen-bond donors (Lipinski definition) is 2. The molecule has 2 heterocycles. The minimum Gasteiger partial charge on any atom is -0.488 e. The Kier molecular flexibility index (Phi) is 4.39. The molecule has 24 heavy (non-hydrogen) atoms.